The maximum Gasteiger partial charge on any atom is 0.339 e. The Morgan fingerprint density at radius 1 is 0.970 bits per heavy atom. The molecule has 1 heterocycles. The average Bonchev–Trinajstić information content (AvgIpc) is 2.84. The number of benzene rings is 3. The highest BCUT2D eigenvalue weighted by molar-refractivity contribution is 7.99. The Balaban J connectivity index is 1.57. The van der Waals surface area contributed by atoms with E-state index in [1.54, 1.807) is 36.9 Å². The molecule has 0 bridgehead atoms. The third-order valence-corrected chi connectivity index (χ3v) is 6.00. The van der Waals surface area contributed by atoms with E-state index in [-0.39, 0.29) is 5.91 Å². The van der Waals surface area contributed by atoms with Crippen molar-refractivity contribution in [2.45, 2.75) is 18.7 Å². The van der Waals surface area contributed by atoms with Gasteiger partial charge in [-0.2, -0.15) is 0 Å². The number of carbonyl (C=O) groups excluding carboxylic acids is 2. The molecule has 3 aromatic carbocycles. The standard InChI is InChI=1S/C27H24N2O3S/c1-3-32-27(31)20-15-19-9-12-21(16-25(19)28-17-20)29-26(30)24-8-6-5-7-23(24)18-10-13-22(14-11-18)33-4-2/h5-17H,3-4H2,1-2H3,(H,29,30). The number of amides is 1. The summed E-state index contributed by atoms with van der Waals surface area (Å²) in [6, 6.07) is 23.0. The van der Waals surface area contributed by atoms with Crippen LogP contribution in [0, 0.1) is 0 Å². The first-order valence-electron chi connectivity index (χ1n) is 10.8. The fourth-order valence-corrected chi connectivity index (χ4v) is 4.22. The van der Waals surface area contributed by atoms with E-state index in [1.165, 1.54) is 11.1 Å². The Labute approximate surface area is 197 Å². The van der Waals surface area contributed by atoms with Crippen LogP contribution in [0.5, 0.6) is 0 Å². The summed E-state index contributed by atoms with van der Waals surface area (Å²) in [6.07, 6.45) is 1.49. The molecule has 0 radical (unpaired) electrons. The summed E-state index contributed by atoms with van der Waals surface area (Å²) in [7, 11) is 0. The summed E-state index contributed by atoms with van der Waals surface area (Å²) < 4.78 is 5.03. The van der Waals surface area contributed by atoms with Gasteiger partial charge in [-0.15, -0.1) is 11.8 Å². The minimum absolute atomic E-state index is 0.194. The van der Waals surface area contributed by atoms with E-state index in [0.29, 0.717) is 28.9 Å². The molecule has 1 amide bonds. The number of esters is 1. The molecule has 0 unspecified atom stereocenters. The van der Waals surface area contributed by atoms with Crippen molar-refractivity contribution in [1.82, 2.24) is 4.98 Å². The predicted octanol–water partition coefficient (Wildman–Crippen LogP) is 6.44. The monoisotopic (exact) mass is 456 g/mol. The minimum Gasteiger partial charge on any atom is -0.462 e. The minimum atomic E-state index is -0.401. The molecule has 4 aromatic rings. The van der Waals surface area contributed by atoms with Crippen LogP contribution in [0.25, 0.3) is 22.0 Å². The van der Waals surface area contributed by atoms with Crippen LogP contribution in [0.2, 0.25) is 0 Å². The van der Waals surface area contributed by atoms with Crippen molar-refractivity contribution in [1.29, 1.82) is 0 Å². The van der Waals surface area contributed by atoms with Crippen molar-refractivity contribution in [3.05, 3.63) is 90.1 Å². The van der Waals surface area contributed by atoms with Gasteiger partial charge in [0.1, 0.15) is 0 Å². The lowest BCUT2D eigenvalue weighted by atomic mass is 9.99. The molecule has 1 N–H and O–H groups in total. The van der Waals surface area contributed by atoms with Gasteiger partial charge in [-0.05, 0) is 60.2 Å². The summed E-state index contributed by atoms with van der Waals surface area (Å²) in [5.41, 5.74) is 4.18. The zero-order valence-electron chi connectivity index (χ0n) is 18.5. The molecule has 0 aliphatic rings. The van der Waals surface area contributed by atoms with E-state index in [9.17, 15) is 9.59 Å². The summed E-state index contributed by atoms with van der Waals surface area (Å²) in [5, 5.41) is 3.77. The second-order valence-electron chi connectivity index (χ2n) is 7.31. The largest absolute Gasteiger partial charge is 0.462 e. The highest BCUT2D eigenvalue weighted by atomic mass is 32.2. The third kappa shape index (κ3) is 5.23. The first kappa shape index (κ1) is 22.6. The van der Waals surface area contributed by atoms with Crippen LogP contribution in [0.3, 0.4) is 0 Å². The fraction of sp³-hybridized carbons (Fsp3) is 0.148. The molecule has 0 atom stereocenters. The molecule has 1 aromatic heterocycles. The number of nitrogens with one attached hydrogen (secondary N) is 1. The van der Waals surface area contributed by atoms with Gasteiger partial charge in [-0.3, -0.25) is 9.78 Å². The molecule has 4 rings (SSSR count). The number of anilines is 1. The maximum absolute atomic E-state index is 13.1. The molecule has 6 heteroatoms. The third-order valence-electron chi connectivity index (χ3n) is 5.10. The van der Waals surface area contributed by atoms with Crippen LogP contribution in [0.15, 0.2) is 83.9 Å². The van der Waals surface area contributed by atoms with Crippen molar-refractivity contribution in [3.63, 3.8) is 0 Å². The van der Waals surface area contributed by atoms with Crippen LogP contribution in [0.1, 0.15) is 34.6 Å². The van der Waals surface area contributed by atoms with E-state index in [2.05, 4.69) is 29.4 Å². The highest BCUT2D eigenvalue weighted by Gasteiger charge is 2.14. The summed E-state index contributed by atoms with van der Waals surface area (Å²) in [6.45, 7) is 4.20. The van der Waals surface area contributed by atoms with Gasteiger partial charge in [-0.1, -0.05) is 43.3 Å². The van der Waals surface area contributed by atoms with Crippen LogP contribution >= 0.6 is 11.8 Å². The molecular weight excluding hydrogens is 432 g/mol. The number of carbonyl (C=O) groups is 2. The lowest BCUT2D eigenvalue weighted by molar-refractivity contribution is 0.0526. The van der Waals surface area contributed by atoms with E-state index >= 15 is 0 Å². The number of thioether (sulfide) groups is 1. The SMILES string of the molecule is CCOC(=O)c1cnc2cc(NC(=O)c3ccccc3-c3ccc(SCC)cc3)ccc2c1. The van der Waals surface area contributed by atoms with Gasteiger partial charge < -0.3 is 10.1 Å². The predicted molar refractivity (Wildman–Crippen MR) is 134 cm³/mol. The first-order valence-corrected chi connectivity index (χ1v) is 11.8. The van der Waals surface area contributed by atoms with Crippen molar-refractivity contribution < 1.29 is 14.3 Å². The van der Waals surface area contributed by atoms with Crippen molar-refractivity contribution in [2.24, 2.45) is 0 Å². The molecule has 166 valence electrons. The summed E-state index contributed by atoms with van der Waals surface area (Å²) in [5.74, 6) is 0.422. The topological polar surface area (TPSA) is 68.3 Å². The van der Waals surface area contributed by atoms with Gasteiger partial charge in [0.25, 0.3) is 5.91 Å². The number of fused-ring (bicyclic) bond motifs is 1. The van der Waals surface area contributed by atoms with Gasteiger partial charge in [0.05, 0.1) is 17.7 Å². The number of hydrogen-bond donors (Lipinski definition) is 1. The summed E-state index contributed by atoms with van der Waals surface area (Å²) in [4.78, 5) is 30.6. The number of ether oxygens (including phenoxy) is 1. The second-order valence-corrected chi connectivity index (χ2v) is 8.65. The van der Waals surface area contributed by atoms with Gasteiger partial charge in [0.15, 0.2) is 0 Å². The van der Waals surface area contributed by atoms with Gasteiger partial charge in [0, 0.05) is 27.7 Å². The fourth-order valence-electron chi connectivity index (χ4n) is 3.55. The number of pyridine rings is 1. The quantitative estimate of drug-likeness (QED) is 0.256. The van der Waals surface area contributed by atoms with E-state index in [0.717, 1.165) is 22.3 Å². The Hall–Kier alpha value is -3.64. The Bertz CT molecular complexity index is 1300. The lowest BCUT2D eigenvalue weighted by Gasteiger charge is -2.12. The normalized spacial score (nSPS) is 10.7. The molecule has 0 aliphatic carbocycles. The molecular formula is C27H24N2O3S. The Morgan fingerprint density at radius 2 is 1.76 bits per heavy atom. The number of hydrogen-bond acceptors (Lipinski definition) is 5. The molecule has 0 saturated carbocycles. The number of nitrogens with zero attached hydrogens (tertiary/aromatic N) is 1. The van der Waals surface area contributed by atoms with Crippen molar-refractivity contribution in [3.8, 4) is 11.1 Å². The summed E-state index contributed by atoms with van der Waals surface area (Å²) >= 11 is 1.79. The number of aromatic nitrogens is 1. The van der Waals surface area contributed by atoms with Crippen molar-refractivity contribution in [2.75, 3.05) is 17.7 Å². The smallest absolute Gasteiger partial charge is 0.339 e. The highest BCUT2D eigenvalue weighted by Crippen LogP contribution is 2.28. The van der Waals surface area contributed by atoms with E-state index in [1.807, 2.05) is 42.5 Å². The van der Waals surface area contributed by atoms with Crippen LogP contribution in [-0.4, -0.2) is 29.2 Å². The molecule has 33 heavy (non-hydrogen) atoms. The zero-order valence-corrected chi connectivity index (χ0v) is 19.3. The Morgan fingerprint density at radius 3 is 2.52 bits per heavy atom. The molecule has 0 fully saturated rings. The second kappa shape index (κ2) is 10.3. The molecule has 0 saturated heterocycles. The molecule has 0 aliphatic heterocycles. The Kier molecular flexibility index (Phi) is 7.05. The molecule has 0 spiro atoms. The van der Waals surface area contributed by atoms with Gasteiger partial charge in [0.2, 0.25) is 0 Å². The lowest BCUT2D eigenvalue weighted by Crippen LogP contribution is -2.13. The average molecular weight is 457 g/mol. The van der Waals surface area contributed by atoms with Crippen LogP contribution in [0.4, 0.5) is 5.69 Å². The van der Waals surface area contributed by atoms with Crippen molar-refractivity contribution >= 4 is 40.2 Å². The van der Waals surface area contributed by atoms with Crippen LogP contribution in [-0.2, 0) is 4.74 Å². The van der Waals surface area contributed by atoms with Crippen LogP contribution < -0.4 is 5.32 Å². The first-order chi connectivity index (χ1) is 16.1. The van der Waals surface area contributed by atoms with Gasteiger partial charge in [-0.25, -0.2) is 4.79 Å². The zero-order chi connectivity index (χ0) is 23.2. The maximum atomic E-state index is 13.1. The van der Waals surface area contributed by atoms with Gasteiger partial charge >= 0.3 is 5.97 Å². The van der Waals surface area contributed by atoms with E-state index in [4.69, 9.17) is 4.74 Å². The van der Waals surface area contributed by atoms with E-state index < -0.39 is 5.97 Å². The molecule has 5 nitrogen and oxygen atoms in total. The number of rotatable bonds is 7.